The van der Waals surface area contributed by atoms with Gasteiger partial charge in [-0.1, -0.05) is 107 Å². The summed E-state index contributed by atoms with van der Waals surface area (Å²) >= 11 is 0. The van der Waals surface area contributed by atoms with Crippen LogP contribution in [0.25, 0.3) is 0 Å². The minimum Gasteiger partial charge on any atom is -0.870 e. The summed E-state index contributed by atoms with van der Waals surface area (Å²) in [6.07, 6.45) is 15.3. The maximum absolute atomic E-state index is 15.1. The molecule has 11 atom stereocenters. The van der Waals surface area contributed by atoms with Gasteiger partial charge < -0.3 is 56.6 Å². The molecule has 0 spiro atoms. The van der Waals surface area contributed by atoms with E-state index >= 15 is 4.39 Å². The van der Waals surface area contributed by atoms with Gasteiger partial charge >= 0.3 is 47.6 Å². The quantitative estimate of drug-likeness (QED) is 0.0232. The topological polar surface area (TPSA) is 398 Å². The zero-order valence-corrected chi connectivity index (χ0v) is 73.1. The Kier molecular flexibility index (Phi) is 38.0. The number of hydrogen-bond donors (Lipinski definition) is 7. The number of benzene rings is 4. The number of ether oxygens (including phenoxy) is 1. The number of pyridine rings is 2. The van der Waals surface area contributed by atoms with E-state index in [4.69, 9.17) is 25.8 Å². The molecule has 4 aromatic carbocycles. The number of nitrogens with one attached hydrogen (secondary N) is 3. The third-order valence-corrected chi connectivity index (χ3v) is 24.2. The number of anilines is 2. The summed E-state index contributed by atoms with van der Waals surface area (Å²) in [5.41, 5.74) is 10.5. The molecule has 634 valence electrons. The number of rotatable bonds is 23. The first-order valence-corrected chi connectivity index (χ1v) is 41.3. The van der Waals surface area contributed by atoms with Crippen LogP contribution in [-0.2, 0) is 81.3 Å². The van der Waals surface area contributed by atoms with Crippen molar-refractivity contribution in [2.45, 2.75) is 211 Å². The second kappa shape index (κ2) is 44.7. The van der Waals surface area contributed by atoms with Gasteiger partial charge in [0.1, 0.15) is 42.4 Å². The van der Waals surface area contributed by atoms with Crippen LogP contribution >= 0.6 is 12.4 Å². The van der Waals surface area contributed by atoms with Crippen LogP contribution in [0.1, 0.15) is 180 Å². The van der Waals surface area contributed by atoms with E-state index in [0.717, 1.165) is 47.1 Å². The summed E-state index contributed by atoms with van der Waals surface area (Å²) in [5.74, 6) is -2.62. The Balaban J connectivity index is 0.000000277. The van der Waals surface area contributed by atoms with Gasteiger partial charge in [-0.2, -0.15) is 8.42 Å². The molecule has 6 heterocycles. The monoisotopic (exact) mass is 1690 g/mol. The predicted molar refractivity (Wildman–Crippen MR) is 436 cm³/mol. The number of carboxylic acid groups (broad SMARTS) is 2. The van der Waals surface area contributed by atoms with E-state index in [1.165, 1.54) is 68.4 Å². The molecule has 6 aromatic rings. The van der Waals surface area contributed by atoms with E-state index < -0.39 is 103 Å². The Morgan fingerprint density at radius 2 is 1.02 bits per heavy atom. The standard InChI is InChI=1S/C29H39FN4O3S.C25H31FN4O2.C14H17NO4.C9H12O3S.C7H11NO4.ClH.Na.H2O/c1-19-16-26(34(18-19)20(2)35)27(36)32-25-17-23(8-9-24(25)30)29(13-10-21-6-7-21,22-11-14-31-15-12-22)33-38(37)28(3,4)5;1-16-13-23(30(15-16)17(2)31)24(32)29-22-14-20(5-6-21(22)26)25(27,10-7-18-3-4-18)19-8-11-28-12-9-19;1-10-7-12(13(16)17)15(8-10)14(18)19-9-11-5-3-2-4-6-11;1-3-12-13(10,11)9-6-4-8(2)5-7-9;1-4(9)8-3-5(10)2-6(8)7(11)12;;;/h8-9,11-12,14-15,17,19,21,26,33H,6-7,10,13,16,18H2,1-5H3,(H,32,36);5-6,8-9,11-12,14,16,18,23H,3-4,7,10,13,15,27H2,1-2H3,(H,29,32);2-6,10,12H,7-9H2,1H3,(H,16,17);4-7H,3H2,1-2H3;5-6,10H,2-3H2,1H3,(H,11,12);1H;;1H2/q;;;;;;+1;/p-1/t19-,26-,29?,38-;16-,23-,25?;10-,12-;;5-,6-;;;/m111.1.../s1. The molecule has 0 radical (unpaired) electrons. The van der Waals surface area contributed by atoms with Crippen molar-refractivity contribution in [1.29, 1.82) is 0 Å². The van der Waals surface area contributed by atoms with Crippen molar-refractivity contribution < 1.29 is 119 Å². The molecule has 6 aliphatic rings. The molecule has 4 aliphatic heterocycles. The van der Waals surface area contributed by atoms with E-state index in [-0.39, 0.29) is 131 Å². The number of amides is 6. The largest absolute Gasteiger partial charge is 1.00 e. The van der Waals surface area contributed by atoms with Gasteiger partial charge in [0.25, 0.3) is 10.1 Å². The molecule has 12 rings (SSSR count). The average Bonchev–Trinajstić information content (AvgIpc) is 1.39. The third kappa shape index (κ3) is 27.9. The molecular weight excluding hydrogens is 1580 g/mol. The number of likely N-dealkylation sites (tertiary alicyclic amines) is 4. The van der Waals surface area contributed by atoms with E-state index in [0.29, 0.717) is 62.7 Å². The number of aryl methyl sites for hydroxylation is 1. The Morgan fingerprint density at radius 3 is 1.46 bits per heavy atom. The number of halogens is 3. The molecule has 6 amide bonds. The zero-order chi connectivity index (χ0) is 83.6. The number of hydrogen-bond acceptors (Lipinski definition) is 18. The summed E-state index contributed by atoms with van der Waals surface area (Å²) in [4.78, 5) is 109. The summed E-state index contributed by atoms with van der Waals surface area (Å²) in [6, 6.07) is 30.0. The van der Waals surface area contributed by atoms with Gasteiger partial charge in [-0.3, -0.25) is 43.0 Å². The molecular formula is C84H112ClF2N10NaO17S2. The summed E-state index contributed by atoms with van der Waals surface area (Å²) in [6.45, 7) is 21.3. The van der Waals surface area contributed by atoms with E-state index in [1.807, 2.05) is 103 Å². The van der Waals surface area contributed by atoms with Gasteiger partial charge in [0, 0.05) is 78.2 Å². The molecule has 2 unspecified atom stereocenters. The van der Waals surface area contributed by atoms with Crippen LogP contribution in [0.3, 0.4) is 0 Å². The second-order valence-electron chi connectivity index (χ2n) is 31.7. The fourth-order valence-corrected chi connectivity index (χ4v) is 16.3. The summed E-state index contributed by atoms with van der Waals surface area (Å²) in [7, 11) is -4.96. The average molecular weight is 1690 g/mol. The van der Waals surface area contributed by atoms with Gasteiger partial charge in [0.15, 0.2) is 0 Å². The Labute approximate surface area is 715 Å². The van der Waals surface area contributed by atoms with E-state index in [2.05, 4.69) is 29.5 Å². The minimum absolute atomic E-state index is 0. The first-order valence-electron chi connectivity index (χ1n) is 38.7. The number of aliphatic hydroxyl groups excluding tert-OH is 1. The maximum atomic E-state index is 15.1. The van der Waals surface area contributed by atoms with Crippen molar-refractivity contribution in [1.82, 2.24) is 34.3 Å². The van der Waals surface area contributed by atoms with Crippen LogP contribution < -0.4 is 50.6 Å². The van der Waals surface area contributed by atoms with Crippen LogP contribution in [0.2, 0.25) is 0 Å². The van der Waals surface area contributed by atoms with Crippen molar-refractivity contribution in [3.63, 3.8) is 0 Å². The number of aromatic nitrogens is 2. The second-order valence-corrected chi connectivity index (χ2v) is 35.3. The molecule has 6 fully saturated rings. The SMILES string of the molecule is CC(=O)N1C[C@H](C)C[C@@H]1C(=O)Nc1cc(C(CCC2CC2)(N[S@](=O)C(C)(C)C)c2ccncc2)ccc1F.CC(=O)N1C[C@H](C)C[C@@H]1C(=O)Nc1cc(C(N)(CCC2CC2)c2ccncc2)ccc1F.CC(=O)N1C[C@H](O)C[C@@H]1C(=O)O.CCOS(=O)(=O)c1ccc(C)cc1.C[C@@H]1C[C@H](C(=O)O)N(C(=O)OCc2ccccc2)C1.Cl.[Na+].[OH-]. The zero-order valence-electron chi connectivity index (χ0n) is 68.6. The first kappa shape index (κ1) is 99.4. The number of carboxylic acids is 2. The van der Waals surface area contributed by atoms with Crippen molar-refractivity contribution in [2.24, 2.45) is 35.3 Å². The smallest absolute Gasteiger partial charge is 0.870 e. The number of carbonyl (C=O) groups excluding carboxylic acids is 6. The number of β-amino-alcohol motifs (C(OH)–C–C–N with tert-alkyl or cyclic N) is 1. The maximum Gasteiger partial charge on any atom is 1.00 e. The number of carbonyl (C=O) groups is 8. The van der Waals surface area contributed by atoms with Gasteiger partial charge in [-0.05, 0) is 198 Å². The molecule has 2 aliphatic carbocycles. The van der Waals surface area contributed by atoms with Crippen molar-refractivity contribution >= 4 is 92.5 Å². The van der Waals surface area contributed by atoms with Crippen LogP contribution in [-0.4, -0.2) is 178 Å². The molecule has 117 heavy (non-hydrogen) atoms. The summed E-state index contributed by atoms with van der Waals surface area (Å²) in [5, 5.41) is 32.3. The molecule has 0 bridgehead atoms. The van der Waals surface area contributed by atoms with Crippen LogP contribution in [0.15, 0.2) is 145 Å². The van der Waals surface area contributed by atoms with Crippen LogP contribution in [0, 0.1) is 48.1 Å². The number of nitrogens with two attached hydrogens (primary N) is 1. The van der Waals surface area contributed by atoms with E-state index in [1.54, 1.807) is 90.0 Å². The fraction of sp³-hybridized carbons (Fsp3) is 0.500. The van der Waals surface area contributed by atoms with Crippen molar-refractivity contribution in [2.75, 3.05) is 43.4 Å². The molecule has 4 saturated heterocycles. The molecule has 33 heteroatoms. The van der Waals surface area contributed by atoms with Crippen LogP contribution in [0.4, 0.5) is 25.0 Å². The molecule has 27 nitrogen and oxygen atoms in total. The van der Waals surface area contributed by atoms with Crippen molar-refractivity contribution in [3.8, 4) is 0 Å². The molecule has 2 aromatic heterocycles. The molecule has 9 N–H and O–H groups in total. The number of aliphatic hydroxyl groups is 1. The predicted octanol–water partition coefficient (Wildman–Crippen LogP) is 8.85. The third-order valence-electron chi connectivity index (χ3n) is 21.1. The van der Waals surface area contributed by atoms with Crippen molar-refractivity contribution in [3.05, 3.63) is 185 Å². The number of aliphatic carboxylic acids is 2. The van der Waals surface area contributed by atoms with Gasteiger partial charge in [-0.15, -0.1) is 12.4 Å². The minimum atomic E-state index is -3.53. The van der Waals surface area contributed by atoms with Gasteiger partial charge in [0.05, 0.1) is 55.8 Å². The van der Waals surface area contributed by atoms with Gasteiger partial charge in [-0.25, -0.2) is 32.1 Å². The van der Waals surface area contributed by atoms with Crippen LogP contribution in [0.5, 0.6) is 0 Å². The fourth-order valence-electron chi connectivity index (χ4n) is 14.5. The summed E-state index contributed by atoms with van der Waals surface area (Å²) < 4.78 is 78.7. The normalized spacial score (nSPS) is 21.2. The molecule has 2 saturated carbocycles. The van der Waals surface area contributed by atoms with Gasteiger partial charge in [0.2, 0.25) is 29.5 Å². The number of nitrogens with zero attached hydrogens (tertiary/aromatic N) is 6. The van der Waals surface area contributed by atoms with E-state index in [9.17, 15) is 55.4 Å². The Hall–Kier alpha value is -8.21. The Morgan fingerprint density at radius 1 is 0.590 bits per heavy atom. The Bertz CT molecular complexity index is 4450. The first-order chi connectivity index (χ1) is 53.8.